The number of para-hydroxylation sites is 1. The Morgan fingerprint density at radius 1 is 1.28 bits per heavy atom. The number of carbonyl (C=O) groups excluding carboxylic acids is 4. The fourth-order valence-corrected chi connectivity index (χ4v) is 3.75. The maximum Gasteiger partial charge on any atom is 0.326 e. The SMILES string of the molecule is C[C@H]1CCCC[C@]12NC(=O)N(CC(=O)OCC(=O)Nc1c(F)cccc1F)C2=O. The van der Waals surface area contributed by atoms with Gasteiger partial charge in [0.15, 0.2) is 6.61 Å². The van der Waals surface area contributed by atoms with Gasteiger partial charge < -0.3 is 15.4 Å². The highest BCUT2D eigenvalue weighted by Gasteiger charge is 2.55. The molecule has 1 aromatic rings. The van der Waals surface area contributed by atoms with Gasteiger partial charge in [0.25, 0.3) is 11.8 Å². The normalized spacial score (nSPS) is 23.8. The molecule has 0 bridgehead atoms. The second-order valence-corrected chi connectivity index (χ2v) is 7.25. The van der Waals surface area contributed by atoms with E-state index in [1.807, 2.05) is 12.2 Å². The molecule has 1 aliphatic carbocycles. The molecule has 2 aliphatic rings. The van der Waals surface area contributed by atoms with Crippen LogP contribution in [0.15, 0.2) is 18.2 Å². The van der Waals surface area contributed by atoms with Crippen LogP contribution >= 0.6 is 0 Å². The first kappa shape index (κ1) is 20.7. The number of ether oxygens (including phenoxy) is 1. The minimum Gasteiger partial charge on any atom is -0.454 e. The molecule has 1 aromatic carbocycles. The van der Waals surface area contributed by atoms with Gasteiger partial charge in [-0.3, -0.25) is 19.3 Å². The van der Waals surface area contributed by atoms with Crippen LogP contribution in [0.2, 0.25) is 0 Å². The third-order valence-electron chi connectivity index (χ3n) is 5.38. The summed E-state index contributed by atoms with van der Waals surface area (Å²) in [6, 6.07) is 2.38. The number of carbonyl (C=O) groups is 4. The van der Waals surface area contributed by atoms with Crippen LogP contribution in [0.3, 0.4) is 0 Å². The van der Waals surface area contributed by atoms with E-state index in [1.54, 1.807) is 0 Å². The van der Waals surface area contributed by atoms with Gasteiger partial charge in [-0.15, -0.1) is 0 Å². The van der Waals surface area contributed by atoms with Gasteiger partial charge in [-0.05, 0) is 30.9 Å². The van der Waals surface area contributed by atoms with Crippen LogP contribution in [0, 0.1) is 17.6 Å². The number of hydrogen-bond donors (Lipinski definition) is 2. The average Bonchev–Trinajstić information content (AvgIpc) is 2.90. The molecule has 29 heavy (non-hydrogen) atoms. The summed E-state index contributed by atoms with van der Waals surface area (Å²) in [5.74, 6) is -4.44. The van der Waals surface area contributed by atoms with Gasteiger partial charge in [0.05, 0.1) is 0 Å². The van der Waals surface area contributed by atoms with E-state index in [0.717, 1.165) is 42.4 Å². The number of hydrogen-bond acceptors (Lipinski definition) is 5. The Morgan fingerprint density at radius 2 is 1.97 bits per heavy atom. The first-order valence-corrected chi connectivity index (χ1v) is 9.28. The van der Waals surface area contributed by atoms with Crippen molar-refractivity contribution in [1.82, 2.24) is 10.2 Å². The Bertz CT molecular complexity index is 842. The molecule has 1 saturated carbocycles. The van der Waals surface area contributed by atoms with E-state index in [4.69, 9.17) is 4.74 Å². The van der Waals surface area contributed by atoms with E-state index in [9.17, 15) is 28.0 Å². The molecule has 3 rings (SSSR count). The molecule has 1 heterocycles. The van der Waals surface area contributed by atoms with Crippen LogP contribution in [-0.4, -0.2) is 47.4 Å². The van der Waals surface area contributed by atoms with Crippen molar-refractivity contribution in [2.24, 2.45) is 5.92 Å². The number of halogens is 2. The molecule has 2 atom stereocenters. The number of nitrogens with zero attached hydrogens (tertiary/aromatic N) is 1. The molecule has 2 fully saturated rings. The van der Waals surface area contributed by atoms with E-state index in [1.165, 1.54) is 0 Å². The topological polar surface area (TPSA) is 105 Å². The highest BCUT2D eigenvalue weighted by atomic mass is 19.1. The van der Waals surface area contributed by atoms with Crippen LogP contribution in [-0.2, 0) is 19.1 Å². The van der Waals surface area contributed by atoms with Gasteiger partial charge in [0.1, 0.15) is 29.4 Å². The van der Waals surface area contributed by atoms with Crippen molar-refractivity contribution < 1.29 is 32.7 Å². The summed E-state index contributed by atoms with van der Waals surface area (Å²) >= 11 is 0. The molecule has 1 spiro atoms. The largest absolute Gasteiger partial charge is 0.454 e. The predicted molar refractivity (Wildman–Crippen MR) is 96.6 cm³/mol. The first-order valence-electron chi connectivity index (χ1n) is 9.28. The highest BCUT2D eigenvalue weighted by Crippen LogP contribution is 2.38. The minimum absolute atomic E-state index is 0.0600. The minimum atomic E-state index is -1.00. The molecule has 8 nitrogen and oxygen atoms in total. The summed E-state index contributed by atoms with van der Waals surface area (Å²) in [5.41, 5.74) is -1.66. The molecule has 4 amide bonds. The number of urea groups is 1. The number of benzene rings is 1. The molecular weight excluding hydrogens is 388 g/mol. The monoisotopic (exact) mass is 409 g/mol. The molecule has 0 aromatic heterocycles. The van der Waals surface area contributed by atoms with Crippen LogP contribution in [0.1, 0.15) is 32.6 Å². The van der Waals surface area contributed by atoms with Crippen molar-refractivity contribution in [2.45, 2.75) is 38.1 Å². The van der Waals surface area contributed by atoms with Crippen LogP contribution < -0.4 is 10.6 Å². The third-order valence-corrected chi connectivity index (χ3v) is 5.38. The van der Waals surface area contributed by atoms with Crippen LogP contribution in [0.5, 0.6) is 0 Å². The summed E-state index contributed by atoms with van der Waals surface area (Å²) in [5, 5.41) is 4.67. The van der Waals surface area contributed by atoms with E-state index in [0.29, 0.717) is 6.42 Å². The maximum absolute atomic E-state index is 13.5. The zero-order chi connectivity index (χ0) is 21.2. The predicted octanol–water partition coefficient (Wildman–Crippen LogP) is 1.95. The molecular formula is C19H21F2N3O5. The van der Waals surface area contributed by atoms with Crippen molar-refractivity contribution in [3.8, 4) is 0 Å². The standard InChI is InChI=1S/C19H21F2N3O5/c1-11-5-2-3-8-19(11)17(27)24(18(28)23-19)9-15(26)29-10-14(25)22-16-12(20)6-4-7-13(16)21/h4,6-7,11H,2-3,5,8-10H2,1H3,(H,22,25)(H,23,28)/t11-,19-/m0/s1. The molecule has 156 valence electrons. The molecule has 0 radical (unpaired) electrons. The summed E-state index contributed by atoms with van der Waals surface area (Å²) < 4.78 is 31.8. The quantitative estimate of drug-likeness (QED) is 0.571. The van der Waals surface area contributed by atoms with Crippen LogP contribution in [0.4, 0.5) is 19.3 Å². The summed E-state index contributed by atoms with van der Waals surface area (Å²) in [6.07, 6.45) is 3.05. The zero-order valence-corrected chi connectivity index (χ0v) is 15.8. The lowest BCUT2D eigenvalue weighted by molar-refractivity contribution is -0.150. The summed E-state index contributed by atoms with van der Waals surface area (Å²) in [7, 11) is 0. The molecule has 1 saturated heterocycles. The van der Waals surface area contributed by atoms with Crippen molar-refractivity contribution in [3.63, 3.8) is 0 Å². The Hall–Kier alpha value is -3.04. The van der Waals surface area contributed by atoms with E-state index in [2.05, 4.69) is 5.32 Å². The first-order chi connectivity index (χ1) is 13.7. The van der Waals surface area contributed by atoms with Gasteiger partial charge in [-0.25, -0.2) is 13.6 Å². The number of imide groups is 1. The van der Waals surface area contributed by atoms with Gasteiger partial charge in [-0.2, -0.15) is 0 Å². The molecule has 10 heteroatoms. The number of rotatable bonds is 5. The molecule has 1 aliphatic heterocycles. The lowest BCUT2D eigenvalue weighted by Gasteiger charge is -2.36. The molecule has 0 unspecified atom stereocenters. The van der Waals surface area contributed by atoms with E-state index in [-0.39, 0.29) is 5.92 Å². The lowest BCUT2D eigenvalue weighted by Crippen LogP contribution is -2.54. The van der Waals surface area contributed by atoms with E-state index >= 15 is 0 Å². The Balaban J connectivity index is 1.55. The fourth-order valence-electron chi connectivity index (χ4n) is 3.75. The summed E-state index contributed by atoms with van der Waals surface area (Å²) in [6.45, 7) is 0.406. The highest BCUT2D eigenvalue weighted by molar-refractivity contribution is 6.09. The molecule has 2 N–H and O–H groups in total. The van der Waals surface area contributed by atoms with Crippen LogP contribution in [0.25, 0.3) is 0 Å². The Morgan fingerprint density at radius 3 is 2.62 bits per heavy atom. The number of nitrogens with one attached hydrogen (secondary N) is 2. The van der Waals surface area contributed by atoms with E-state index < -0.39 is 59.8 Å². The number of anilines is 1. The second-order valence-electron chi connectivity index (χ2n) is 7.25. The van der Waals surface area contributed by atoms with Gasteiger partial charge in [0, 0.05) is 0 Å². The fraction of sp³-hybridized carbons (Fsp3) is 0.474. The van der Waals surface area contributed by atoms with Crippen molar-refractivity contribution in [3.05, 3.63) is 29.8 Å². The number of esters is 1. The lowest BCUT2D eigenvalue weighted by atomic mass is 9.73. The third kappa shape index (κ3) is 4.06. The van der Waals surface area contributed by atoms with Gasteiger partial charge >= 0.3 is 12.0 Å². The smallest absolute Gasteiger partial charge is 0.326 e. The second kappa shape index (κ2) is 8.14. The summed E-state index contributed by atoms with van der Waals surface area (Å²) in [4.78, 5) is 49.6. The Labute approximate surface area is 165 Å². The average molecular weight is 409 g/mol. The van der Waals surface area contributed by atoms with Crippen molar-refractivity contribution in [1.29, 1.82) is 0 Å². The Kier molecular flexibility index (Phi) is 5.81. The maximum atomic E-state index is 13.5. The zero-order valence-electron chi connectivity index (χ0n) is 15.8. The van der Waals surface area contributed by atoms with Gasteiger partial charge in [0.2, 0.25) is 0 Å². The number of amides is 4. The van der Waals surface area contributed by atoms with Gasteiger partial charge in [-0.1, -0.05) is 25.8 Å². The van der Waals surface area contributed by atoms with Crippen molar-refractivity contribution in [2.75, 3.05) is 18.5 Å². The van der Waals surface area contributed by atoms with Crippen molar-refractivity contribution >= 4 is 29.5 Å².